The van der Waals surface area contributed by atoms with Crippen LogP contribution in [-0.4, -0.2) is 41.3 Å². The Morgan fingerprint density at radius 3 is 2.49 bits per heavy atom. The van der Waals surface area contributed by atoms with Crippen molar-refractivity contribution < 1.29 is 18.7 Å². The van der Waals surface area contributed by atoms with Gasteiger partial charge in [-0.2, -0.15) is 0 Å². The van der Waals surface area contributed by atoms with Gasteiger partial charge in [-0.3, -0.25) is 19.4 Å². The van der Waals surface area contributed by atoms with Gasteiger partial charge in [-0.25, -0.2) is 4.39 Å². The van der Waals surface area contributed by atoms with Crippen molar-refractivity contribution in [2.45, 2.75) is 77.8 Å². The van der Waals surface area contributed by atoms with E-state index in [9.17, 15) is 14.0 Å². The summed E-state index contributed by atoms with van der Waals surface area (Å²) in [5.41, 5.74) is 3.21. The number of amides is 2. The Hall–Kier alpha value is -2.44. The molecule has 4 rings (SSSR count). The molecule has 200 valence electrons. The third-order valence-corrected chi connectivity index (χ3v) is 8.12. The highest BCUT2D eigenvalue weighted by molar-refractivity contribution is 6.30. The van der Waals surface area contributed by atoms with Crippen molar-refractivity contribution in [2.24, 2.45) is 5.92 Å². The molecule has 2 fully saturated rings. The van der Waals surface area contributed by atoms with E-state index in [0.717, 1.165) is 36.4 Å². The Balaban J connectivity index is 1.46. The number of carbonyl (C=O) groups excluding carboxylic acids is 2. The van der Waals surface area contributed by atoms with Crippen LogP contribution in [0.5, 0.6) is 5.75 Å². The Kier molecular flexibility index (Phi) is 9.60. The zero-order chi connectivity index (χ0) is 26.4. The van der Waals surface area contributed by atoms with Crippen LogP contribution in [-0.2, 0) is 22.6 Å². The fourth-order valence-electron chi connectivity index (χ4n) is 5.55. The first kappa shape index (κ1) is 27.6. The third kappa shape index (κ3) is 7.11. The van der Waals surface area contributed by atoms with E-state index in [1.165, 1.54) is 42.6 Å². The summed E-state index contributed by atoms with van der Waals surface area (Å²) in [6.07, 6.45) is 7.77. The van der Waals surface area contributed by atoms with E-state index in [0.29, 0.717) is 18.8 Å². The van der Waals surface area contributed by atoms with Crippen LogP contribution in [0.15, 0.2) is 36.4 Å². The molecule has 0 aromatic heterocycles. The van der Waals surface area contributed by atoms with E-state index in [-0.39, 0.29) is 41.8 Å². The molecule has 2 aliphatic rings. The molecule has 2 aromatic rings. The van der Waals surface area contributed by atoms with Crippen LogP contribution in [0.4, 0.5) is 4.39 Å². The van der Waals surface area contributed by atoms with Gasteiger partial charge in [0.1, 0.15) is 18.2 Å². The molecule has 0 spiro atoms. The highest BCUT2D eigenvalue weighted by Gasteiger charge is 2.28. The van der Waals surface area contributed by atoms with Gasteiger partial charge in [0.2, 0.25) is 11.8 Å². The Morgan fingerprint density at radius 2 is 1.81 bits per heavy atom. The second-order valence-electron chi connectivity index (χ2n) is 10.4. The van der Waals surface area contributed by atoms with Gasteiger partial charge in [-0.1, -0.05) is 56.0 Å². The molecule has 1 unspecified atom stereocenters. The summed E-state index contributed by atoms with van der Waals surface area (Å²) in [6.45, 7) is 6.54. The average Bonchev–Trinajstić information content (AvgIpc) is 3.23. The van der Waals surface area contributed by atoms with Crippen LogP contribution in [0.25, 0.3) is 0 Å². The number of imide groups is 1. The molecule has 1 aliphatic heterocycles. The van der Waals surface area contributed by atoms with Crippen molar-refractivity contribution in [3.8, 4) is 5.75 Å². The molecule has 0 bridgehead atoms. The van der Waals surface area contributed by atoms with Crippen molar-refractivity contribution in [2.75, 3.05) is 19.7 Å². The van der Waals surface area contributed by atoms with Crippen LogP contribution in [0, 0.1) is 11.7 Å². The molecular weight excluding hydrogens is 491 g/mol. The molecule has 2 aromatic carbocycles. The second-order valence-corrected chi connectivity index (χ2v) is 10.8. The van der Waals surface area contributed by atoms with E-state index in [1.54, 1.807) is 12.1 Å². The van der Waals surface area contributed by atoms with Crippen molar-refractivity contribution in [3.05, 3.63) is 63.9 Å². The molecule has 1 heterocycles. The zero-order valence-electron chi connectivity index (χ0n) is 22.0. The number of benzene rings is 2. The van der Waals surface area contributed by atoms with Gasteiger partial charge in [0.05, 0.1) is 11.6 Å². The largest absolute Gasteiger partial charge is 0.491 e. The Labute approximate surface area is 224 Å². The second kappa shape index (κ2) is 12.9. The quantitative estimate of drug-likeness (QED) is 0.304. The summed E-state index contributed by atoms with van der Waals surface area (Å²) in [5.74, 6) is 0.824. The first-order valence-corrected chi connectivity index (χ1v) is 14.0. The SMILES string of the molecule is CCc1cc(CN(CC2CCCCC2)C(C)c2ccc(Cl)c(F)c2)ccc1OCCN1C(=O)CCC1=O. The number of likely N-dealkylation sites (tertiary alicyclic amines) is 1. The molecule has 1 aliphatic carbocycles. The maximum Gasteiger partial charge on any atom is 0.229 e. The highest BCUT2D eigenvalue weighted by atomic mass is 35.5. The summed E-state index contributed by atoms with van der Waals surface area (Å²) < 4.78 is 20.3. The molecule has 1 atom stereocenters. The normalized spacial score (nSPS) is 17.6. The number of nitrogens with zero attached hydrogens (tertiary/aromatic N) is 2. The summed E-state index contributed by atoms with van der Waals surface area (Å²) in [5, 5.41) is 0.149. The van der Waals surface area contributed by atoms with E-state index in [2.05, 4.69) is 30.9 Å². The lowest BCUT2D eigenvalue weighted by Crippen LogP contribution is -2.33. The van der Waals surface area contributed by atoms with Crippen molar-refractivity contribution >= 4 is 23.4 Å². The standard InChI is InChI=1S/C30H38ClFN2O3/c1-3-24-17-23(9-12-28(24)37-16-15-34-29(35)13-14-30(34)36)20-33(19-22-7-5-4-6-8-22)21(2)25-10-11-26(31)27(32)18-25/h9-12,17-18,21-22H,3-8,13-16,19-20H2,1-2H3. The Morgan fingerprint density at radius 1 is 1.08 bits per heavy atom. The third-order valence-electron chi connectivity index (χ3n) is 7.81. The monoisotopic (exact) mass is 528 g/mol. The minimum Gasteiger partial charge on any atom is -0.491 e. The predicted octanol–water partition coefficient (Wildman–Crippen LogP) is 6.71. The van der Waals surface area contributed by atoms with Crippen molar-refractivity contribution in [1.29, 1.82) is 0 Å². The van der Waals surface area contributed by atoms with E-state index in [1.807, 2.05) is 12.1 Å². The van der Waals surface area contributed by atoms with Crippen LogP contribution in [0.1, 0.15) is 81.5 Å². The molecule has 1 saturated carbocycles. The molecule has 1 saturated heterocycles. The topological polar surface area (TPSA) is 49.9 Å². The van der Waals surface area contributed by atoms with Crippen molar-refractivity contribution in [3.63, 3.8) is 0 Å². The average molecular weight is 529 g/mol. The maximum absolute atomic E-state index is 14.3. The molecule has 0 N–H and O–H groups in total. The predicted molar refractivity (Wildman–Crippen MR) is 144 cm³/mol. The van der Waals surface area contributed by atoms with E-state index < -0.39 is 0 Å². The minimum absolute atomic E-state index is 0.0465. The number of hydrogen-bond acceptors (Lipinski definition) is 4. The van der Waals surface area contributed by atoms with Gasteiger partial charge in [-0.15, -0.1) is 0 Å². The van der Waals surface area contributed by atoms with Crippen LogP contribution in [0.2, 0.25) is 5.02 Å². The number of halogens is 2. The summed E-state index contributed by atoms with van der Waals surface area (Å²) in [6, 6.07) is 11.4. The fourth-order valence-corrected chi connectivity index (χ4v) is 5.66. The van der Waals surface area contributed by atoms with E-state index in [4.69, 9.17) is 16.3 Å². The van der Waals surface area contributed by atoms with Gasteiger partial charge >= 0.3 is 0 Å². The number of aryl methyl sites for hydroxylation is 1. The first-order valence-electron chi connectivity index (χ1n) is 13.6. The van der Waals surface area contributed by atoms with Gasteiger partial charge in [-0.05, 0) is 67.0 Å². The van der Waals surface area contributed by atoms with Crippen LogP contribution in [0.3, 0.4) is 0 Å². The zero-order valence-corrected chi connectivity index (χ0v) is 22.7. The summed E-state index contributed by atoms with van der Waals surface area (Å²) in [4.78, 5) is 27.5. The number of ether oxygens (including phenoxy) is 1. The summed E-state index contributed by atoms with van der Waals surface area (Å²) >= 11 is 5.95. The van der Waals surface area contributed by atoms with Gasteiger partial charge < -0.3 is 4.74 Å². The summed E-state index contributed by atoms with van der Waals surface area (Å²) in [7, 11) is 0. The number of rotatable bonds is 11. The van der Waals surface area contributed by atoms with Crippen molar-refractivity contribution in [1.82, 2.24) is 9.80 Å². The van der Waals surface area contributed by atoms with Gasteiger partial charge in [0.15, 0.2) is 0 Å². The molecule has 0 radical (unpaired) electrons. The Bertz CT molecular complexity index is 1090. The highest BCUT2D eigenvalue weighted by Crippen LogP contribution is 2.31. The molecule has 7 heteroatoms. The first-order chi connectivity index (χ1) is 17.9. The smallest absolute Gasteiger partial charge is 0.229 e. The number of carbonyl (C=O) groups is 2. The fraction of sp³-hybridized carbons (Fsp3) is 0.533. The lowest BCUT2D eigenvalue weighted by atomic mass is 9.88. The lowest BCUT2D eigenvalue weighted by molar-refractivity contribution is -0.138. The van der Waals surface area contributed by atoms with Gasteiger partial charge in [0.25, 0.3) is 0 Å². The number of hydrogen-bond donors (Lipinski definition) is 0. The molecule has 37 heavy (non-hydrogen) atoms. The van der Waals surface area contributed by atoms with Crippen LogP contribution < -0.4 is 4.74 Å². The van der Waals surface area contributed by atoms with Crippen LogP contribution >= 0.6 is 11.6 Å². The maximum atomic E-state index is 14.3. The molecule has 2 amide bonds. The molecular formula is C30H38ClFN2O3. The van der Waals surface area contributed by atoms with E-state index >= 15 is 0 Å². The molecule has 5 nitrogen and oxygen atoms in total. The minimum atomic E-state index is -0.379. The van der Waals surface area contributed by atoms with Gasteiger partial charge in [0, 0.05) is 32.0 Å². The lowest BCUT2D eigenvalue weighted by Gasteiger charge is -2.34.